The molecule has 1 aliphatic rings. The number of amides is 2. The second kappa shape index (κ2) is 7.06. The smallest absolute Gasteiger partial charge is 0.325 e. The summed E-state index contributed by atoms with van der Waals surface area (Å²) in [5.41, 5.74) is 0.900. The first kappa shape index (κ1) is 16.0. The Balaban J connectivity index is 1.99. The highest BCUT2D eigenvalue weighted by atomic mass is 16.4. The van der Waals surface area contributed by atoms with Crippen LogP contribution in [0.4, 0.5) is 0 Å². The number of carbonyl (C=O) groups is 3. The maximum atomic E-state index is 12.4. The van der Waals surface area contributed by atoms with Crippen LogP contribution < -0.4 is 5.32 Å². The molecule has 6 heteroatoms. The predicted octanol–water partition coefficient (Wildman–Crippen LogP) is 0.809. The summed E-state index contributed by atoms with van der Waals surface area (Å²) in [5, 5.41) is 11.3. The van der Waals surface area contributed by atoms with Crippen molar-refractivity contribution < 1.29 is 19.5 Å². The van der Waals surface area contributed by atoms with Gasteiger partial charge < -0.3 is 15.3 Å². The number of hydrogen-bond acceptors (Lipinski definition) is 3. The number of likely N-dealkylation sites (tertiary alicyclic amines) is 1. The van der Waals surface area contributed by atoms with E-state index in [-0.39, 0.29) is 12.3 Å². The van der Waals surface area contributed by atoms with E-state index in [1.54, 1.807) is 4.90 Å². The van der Waals surface area contributed by atoms with Gasteiger partial charge >= 0.3 is 5.97 Å². The van der Waals surface area contributed by atoms with Gasteiger partial charge in [0, 0.05) is 6.54 Å². The fourth-order valence-corrected chi connectivity index (χ4v) is 2.58. The molecule has 2 N–H and O–H groups in total. The van der Waals surface area contributed by atoms with Crippen molar-refractivity contribution in [1.82, 2.24) is 10.2 Å². The molecule has 6 nitrogen and oxygen atoms in total. The van der Waals surface area contributed by atoms with Gasteiger partial charge in [0.25, 0.3) is 0 Å². The Labute approximate surface area is 129 Å². The van der Waals surface area contributed by atoms with Gasteiger partial charge in [-0.05, 0) is 25.3 Å². The lowest BCUT2D eigenvalue weighted by Gasteiger charge is -2.25. The summed E-state index contributed by atoms with van der Waals surface area (Å²) in [6, 6.07) is 7.83. The molecule has 2 atom stereocenters. The van der Waals surface area contributed by atoms with Crippen molar-refractivity contribution >= 4 is 17.8 Å². The lowest BCUT2D eigenvalue weighted by atomic mass is 10.1. The predicted molar refractivity (Wildman–Crippen MR) is 80.1 cm³/mol. The fraction of sp³-hybridized carbons (Fsp3) is 0.438. The molecule has 1 aliphatic heterocycles. The molecule has 0 radical (unpaired) electrons. The molecule has 0 aliphatic carbocycles. The maximum absolute atomic E-state index is 12.4. The van der Waals surface area contributed by atoms with Crippen LogP contribution in [0, 0.1) is 0 Å². The quantitative estimate of drug-likeness (QED) is 0.843. The summed E-state index contributed by atoms with van der Waals surface area (Å²) in [7, 11) is 0. The molecule has 1 aromatic rings. The SMILES string of the molecule is C[C@H](NC(=O)[C@@H]1CCCN1C(=O)Cc1ccccc1)C(=O)O. The molecule has 1 heterocycles. The Bertz CT molecular complexity index is 559. The van der Waals surface area contributed by atoms with Gasteiger partial charge in [-0.15, -0.1) is 0 Å². The minimum absolute atomic E-state index is 0.105. The van der Waals surface area contributed by atoms with Gasteiger partial charge in [-0.2, -0.15) is 0 Å². The minimum atomic E-state index is -1.09. The average molecular weight is 304 g/mol. The van der Waals surface area contributed by atoms with E-state index in [4.69, 9.17) is 5.11 Å². The van der Waals surface area contributed by atoms with Crippen LogP contribution in [0.1, 0.15) is 25.3 Å². The highest BCUT2D eigenvalue weighted by molar-refractivity contribution is 5.91. The molecule has 1 fully saturated rings. The standard InChI is InChI=1S/C16H20N2O4/c1-11(16(21)22)17-15(20)13-8-5-9-18(13)14(19)10-12-6-3-2-4-7-12/h2-4,6-7,11,13H,5,8-10H2,1H3,(H,17,20)(H,21,22)/t11-,13-/m0/s1. The van der Waals surface area contributed by atoms with Crippen LogP contribution in [-0.2, 0) is 20.8 Å². The van der Waals surface area contributed by atoms with Gasteiger partial charge in [-0.25, -0.2) is 0 Å². The van der Waals surface area contributed by atoms with Gasteiger partial charge in [-0.3, -0.25) is 14.4 Å². The van der Waals surface area contributed by atoms with Crippen LogP contribution >= 0.6 is 0 Å². The van der Waals surface area contributed by atoms with Crippen molar-refractivity contribution in [2.45, 2.75) is 38.3 Å². The van der Waals surface area contributed by atoms with Gasteiger partial charge in [0.15, 0.2) is 0 Å². The maximum Gasteiger partial charge on any atom is 0.325 e. The fourth-order valence-electron chi connectivity index (χ4n) is 2.58. The van der Waals surface area contributed by atoms with Crippen molar-refractivity contribution in [2.24, 2.45) is 0 Å². The molecular weight excluding hydrogens is 284 g/mol. The molecule has 0 saturated carbocycles. The highest BCUT2D eigenvalue weighted by Crippen LogP contribution is 2.19. The van der Waals surface area contributed by atoms with Crippen LogP contribution in [-0.4, -0.2) is 46.4 Å². The van der Waals surface area contributed by atoms with Crippen LogP contribution in [0.5, 0.6) is 0 Å². The molecule has 0 bridgehead atoms. The number of aliphatic carboxylic acids is 1. The largest absolute Gasteiger partial charge is 0.480 e. The summed E-state index contributed by atoms with van der Waals surface area (Å²) in [6.45, 7) is 1.94. The molecular formula is C16H20N2O4. The Kier molecular flexibility index (Phi) is 5.14. The number of carbonyl (C=O) groups excluding carboxylic acids is 2. The zero-order valence-electron chi connectivity index (χ0n) is 12.5. The highest BCUT2D eigenvalue weighted by Gasteiger charge is 2.34. The third-order valence-electron chi connectivity index (χ3n) is 3.80. The number of carboxylic acids is 1. The normalized spacial score (nSPS) is 18.8. The Hall–Kier alpha value is -2.37. The number of rotatable bonds is 5. The number of benzene rings is 1. The summed E-state index contributed by atoms with van der Waals surface area (Å²) < 4.78 is 0. The van der Waals surface area contributed by atoms with Crippen molar-refractivity contribution in [1.29, 1.82) is 0 Å². The molecule has 118 valence electrons. The van der Waals surface area contributed by atoms with E-state index in [0.29, 0.717) is 13.0 Å². The van der Waals surface area contributed by atoms with E-state index >= 15 is 0 Å². The molecule has 1 aromatic carbocycles. The van der Waals surface area contributed by atoms with Crippen molar-refractivity contribution in [2.75, 3.05) is 6.54 Å². The zero-order valence-corrected chi connectivity index (χ0v) is 12.5. The average Bonchev–Trinajstić information content (AvgIpc) is 2.97. The summed E-state index contributed by atoms with van der Waals surface area (Å²) in [4.78, 5) is 36.9. The monoisotopic (exact) mass is 304 g/mol. The van der Waals surface area contributed by atoms with E-state index in [1.807, 2.05) is 30.3 Å². The van der Waals surface area contributed by atoms with Gasteiger partial charge in [0.2, 0.25) is 11.8 Å². The van der Waals surface area contributed by atoms with E-state index in [1.165, 1.54) is 6.92 Å². The molecule has 2 rings (SSSR count). The zero-order chi connectivity index (χ0) is 16.1. The molecule has 22 heavy (non-hydrogen) atoms. The second-order valence-electron chi connectivity index (χ2n) is 5.48. The lowest BCUT2D eigenvalue weighted by Crippen LogP contribution is -2.50. The van der Waals surface area contributed by atoms with Gasteiger partial charge in [0.05, 0.1) is 6.42 Å². The first-order valence-corrected chi connectivity index (χ1v) is 7.35. The molecule has 0 aromatic heterocycles. The summed E-state index contributed by atoms with van der Waals surface area (Å²) in [5.74, 6) is -1.59. The van der Waals surface area contributed by atoms with E-state index in [9.17, 15) is 14.4 Å². The van der Waals surface area contributed by atoms with Crippen LogP contribution in [0.2, 0.25) is 0 Å². The van der Waals surface area contributed by atoms with Crippen LogP contribution in [0.15, 0.2) is 30.3 Å². The van der Waals surface area contributed by atoms with Crippen LogP contribution in [0.25, 0.3) is 0 Å². The van der Waals surface area contributed by atoms with Gasteiger partial charge in [0.1, 0.15) is 12.1 Å². The van der Waals surface area contributed by atoms with E-state index in [0.717, 1.165) is 12.0 Å². The van der Waals surface area contributed by atoms with Crippen LogP contribution in [0.3, 0.4) is 0 Å². The Morgan fingerprint density at radius 2 is 2.00 bits per heavy atom. The lowest BCUT2D eigenvalue weighted by molar-refractivity contribution is -0.143. The Morgan fingerprint density at radius 3 is 2.64 bits per heavy atom. The molecule has 0 spiro atoms. The van der Waals surface area contributed by atoms with Gasteiger partial charge in [-0.1, -0.05) is 30.3 Å². The number of nitrogens with one attached hydrogen (secondary N) is 1. The number of carboxylic acid groups (broad SMARTS) is 1. The second-order valence-corrected chi connectivity index (χ2v) is 5.48. The number of nitrogens with zero attached hydrogens (tertiary/aromatic N) is 1. The topological polar surface area (TPSA) is 86.7 Å². The van der Waals surface area contributed by atoms with Crippen molar-refractivity contribution in [3.8, 4) is 0 Å². The third-order valence-corrected chi connectivity index (χ3v) is 3.80. The third kappa shape index (κ3) is 3.84. The summed E-state index contributed by atoms with van der Waals surface area (Å²) in [6.07, 6.45) is 1.57. The van der Waals surface area contributed by atoms with Crippen molar-refractivity contribution in [3.63, 3.8) is 0 Å². The molecule has 2 amide bonds. The Morgan fingerprint density at radius 1 is 1.32 bits per heavy atom. The first-order valence-electron chi connectivity index (χ1n) is 7.35. The molecule has 0 unspecified atom stereocenters. The number of hydrogen-bond donors (Lipinski definition) is 2. The van der Waals surface area contributed by atoms with E-state index in [2.05, 4.69) is 5.32 Å². The summed E-state index contributed by atoms with van der Waals surface area (Å²) >= 11 is 0. The first-order chi connectivity index (χ1) is 10.5. The van der Waals surface area contributed by atoms with Crippen molar-refractivity contribution in [3.05, 3.63) is 35.9 Å². The van der Waals surface area contributed by atoms with E-state index < -0.39 is 24.0 Å². The molecule has 1 saturated heterocycles. The minimum Gasteiger partial charge on any atom is -0.480 e.